The number of rotatable bonds is 5. The van der Waals surface area contributed by atoms with Crippen LogP contribution in [0.5, 0.6) is 11.5 Å². The van der Waals surface area contributed by atoms with Gasteiger partial charge < -0.3 is 14.8 Å². The number of hydrogen-bond donors (Lipinski definition) is 1. The van der Waals surface area contributed by atoms with Gasteiger partial charge in [0.25, 0.3) is 5.91 Å². The summed E-state index contributed by atoms with van der Waals surface area (Å²) >= 11 is 6.15. The molecule has 2 rings (SSSR count). The van der Waals surface area contributed by atoms with Crippen LogP contribution < -0.4 is 14.8 Å². The summed E-state index contributed by atoms with van der Waals surface area (Å²) in [6, 6.07) is 5.21. The van der Waals surface area contributed by atoms with Crippen molar-refractivity contribution in [3.63, 3.8) is 0 Å². The number of amides is 1. The molecule has 1 aromatic rings. The minimum Gasteiger partial charge on any atom is -0.493 e. The van der Waals surface area contributed by atoms with Gasteiger partial charge in [0.15, 0.2) is 17.3 Å². The molecule has 0 spiro atoms. The minimum atomic E-state index is -0.208. The lowest BCUT2D eigenvalue weighted by Gasteiger charge is -2.10. The molecule has 0 unspecified atom stereocenters. The van der Waals surface area contributed by atoms with E-state index in [9.17, 15) is 9.59 Å². The molecule has 0 bridgehead atoms. The predicted molar refractivity (Wildman–Crippen MR) is 85.5 cm³/mol. The number of benzene rings is 1. The van der Waals surface area contributed by atoms with Gasteiger partial charge in [0, 0.05) is 0 Å². The number of thiocarbonyl (C=S) groups is 1. The Morgan fingerprint density at radius 3 is 2.76 bits per heavy atom. The fraction of sp³-hybridized carbons (Fsp3) is 0.214. The summed E-state index contributed by atoms with van der Waals surface area (Å²) in [6.07, 6.45) is 1.72. The lowest BCUT2D eigenvalue weighted by Crippen LogP contribution is -2.17. The Kier molecular flexibility index (Phi) is 4.98. The number of nitrogens with one attached hydrogen (secondary N) is 1. The van der Waals surface area contributed by atoms with E-state index in [1.54, 1.807) is 24.3 Å². The Morgan fingerprint density at radius 1 is 1.43 bits per heavy atom. The van der Waals surface area contributed by atoms with E-state index in [4.69, 9.17) is 21.7 Å². The summed E-state index contributed by atoms with van der Waals surface area (Å²) in [4.78, 5) is 23.1. The highest BCUT2D eigenvalue weighted by Gasteiger charge is 2.22. The van der Waals surface area contributed by atoms with Crippen LogP contribution in [-0.4, -0.2) is 29.7 Å². The van der Waals surface area contributed by atoms with Crippen molar-refractivity contribution in [2.24, 2.45) is 0 Å². The molecule has 1 aromatic carbocycles. The van der Waals surface area contributed by atoms with Crippen molar-refractivity contribution in [3.05, 3.63) is 28.7 Å². The molecule has 0 aromatic heterocycles. The van der Waals surface area contributed by atoms with Crippen LogP contribution in [0.25, 0.3) is 6.08 Å². The number of hydrogen-bond acceptors (Lipinski definition) is 6. The fourth-order valence-corrected chi connectivity index (χ4v) is 2.69. The second-order valence-corrected chi connectivity index (χ2v) is 5.97. The molecule has 110 valence electrons. The van der Waals surface area contributed by atoms with Gasteiger partial charge in [-0.25, -0.2) is 0 Å². The van der Waals surface area contributed by atoms with Gasteiger partial charge in [0.2, 0.25) is 0 Å². The average Bonchev–Trinajstić information content (AvgIpc) is 2.75. The van der Waals surface area contributed by atoms with Gasteiger partial charge >= 0.3 is 0 Å². The zero-order valence-electron chi connectivity index (χ0n) is 11.5. The first-order valence-corrected chi connectivity index (χ1v) is 7.27. The van der Waals surface area contributed by atoms with Crippen molar-refractivity contribution in [2.45, 2.75) is 6.92 Å². The molecular weight excluding hydrogens is 310 g/mol. The fourth-order valence-electron chi connectivity index (χ4n) is 1.64. The number of Topliss-reactive ketones (excluding diaryl/α,β-unsaturated/α-hetero) is 1. The van der Waals surface area contributed by atoms with Crippen LogP contribution in [0.2, 0.25) is 0 Å². The number of ketones is 1. The molecule has 7 heteroatoms. The number of carbonyl (C=O) groups is 2. The number of thioether (sulfide) groups is 1. The van der Waals surface area contributed by atoms with E-state index < -0.39 is 0 Å². The topological polar surface area (TPSA) is 64.6 Å². The first kappa shape index (κ1) is 15.5. The highest BCUT2D eigenvalue weighted by molar-refractivity contribution is 8.26. The van der Waals surface area contributed by atoms with Gasteiger partial charge in [-0.15, -0.1) is 0 Å². The van der Waals surface area contributed by atoms with Crippen LogP contribution in [-0.2, 0) is 9.59 Å². The van der Waals surface area contributed by atoms with E-state index in [0.29, 0.717) is 20.7 Å². The Labute approximate surface area is 131 Å². The third-order valence-electron chi connectivity index (χ3n) is 2.56. The summed E-state index contributed by atoms with van der Waals surface area (Å²) in [5.74, 6) is 0.696. The van der Waals surface area contributed by atoms with Gasteiger partial charge in [-0.1, -0.05) is 30.0 Å². The summed E-state index contributed by atoms with van der Waals surface area (Å²) in [5.41, 5.74) is 0.782. The molecule has 1 aliphatic heterocycles. The summed E-state index contributed by atoms with van der Waals surface area (Å²) in [7, 11) is 1.51. The summed E-state index contributed by atoms with van der Waals surface area (Å²) < 4.78 is 11.0. The maximum Gasteiger partial charge on any atom is 0.263 e. The van der Waals surface area contributed by atoms with E-state index in [2.05, 4.69) is 5.32 Å². The molecule has 21 heavy (non-hydrogen) atoms. The van der Waals surface area contributed by atoms with Crippen molar-refractivity contribution in [1.29, 1.82) is 0 Å². The van der Waals surface area contributed by atoms with Crippen LogP contribution in [0.15, 0.2) is 23.1 Å². The van der Waals surface area contributed by atoms with Crippen LogP contribution in [0.1, 0.15) is 12.5 Å². The highest BCUT2D eigenvalue weighted by atomic mass is 32.2. The SMILES string of the molecule is COc1cc(/C=C2\SC(=S)NC2=O)ccc1OCC(C)=O. The number of carbonyl (C=O) groups excluding carboxylic acids is 2. The summed E-state index contributed by atoms with van der Waals surface area (Å²) in [6.45, 7) is 1.44. The van der Waals surface area contributed by atoms with E-state index in [0.717, 1.165) is 5.56 Å². The maximum atomic E-state index is 11.6. The van der Waals surface area contributed by atoms with E-state index in [1.165, 1.54) is 25.8 Å². The largest absolute Gasteiger partial charge is 0.493 e. The molecule has 1 heterocycles. The van der Waals surface area contributed by atoms with Crippen molar-refractivity contribution >= 4 is 46.1 Å². The van der Waals surface area contributed by atoms with Crippen molar-refractivity contribution in [3.8, 4) is 11.5 Å². The van der Waals surface area contributed by atoms with Crippen LogP contribution in [0.4, 0.5) is 0 Å². The van der Waals surface area contributed by atoms with Gasteiger partial charge in [-0.05, 0) is 30.7 Å². The Bertz CT molecular complexity index is 640. The molecule has 0 saturated carbocycles. The molecule has 0 radical (unpaired) electrons. The maximum absolute atomic E-state index is 11.6. The molecular formula is C14H13NO4S2. The lowest BCUT2D eigenvalue weighted by molar-refractivity contribution is -0.119. The molecule has 1 fully saturated rings. The first-order valence-electron chi connectivity index (χ1n) is 6.04. The van der Waals surface area contributed by atoms with E-state index in [1.807, 2.05) is 0 Å². The second kappa shape index (κ2) is 6.73. The highest BCUT2D eigenvalue weighted by Crippen LogP contribution is 2.31. The van der Waals surface area contributed by atoms with Gasteiger partial charge in [-0.2, -0.15) is 0 Å². The molecule has 1 amide bonds. The molecule has 1 aliphatic rings. The van der Waals surface area contributed by atoms with Gasteiger partial charge in [0.1, 0.15) is 10.9 Å². The zero-order valence-corrected chi connectivity index (χ0v) is 13.1. The zero-order chi connectivity index (χ0) is 15.4. The molecule has 0 atom stereocenters. The van der Waals surface area contributed by atoms with Crippen LogP contribution >= 0.6 is 24.0 Å². The molecule has 5 nitrogen and oxygen atoms in total. The minimum absolute atomic E-state index is 0.0106. The normalized spacial score (nSPS) is 16.0. The van der Waals surface area contributed by atoms with Gasteiger partial charge in [-0.3, -0.25) is 9.59 Å². The lowest BCUT2D eigenvalue weighted by atomic mass is 10.2. The van der Waals surface area contributed by atoms with Crippen LogP contribution in [0.3, 0.4) is 0 Å². The standard InChI is InChI=1S/C14H13NO4S2/c1-8(16)7-19-10-4-3-9(5-11(10)18-2)6-12-13(17)15-14(20)21-12/h3-6H,7H2,1-2H3,(H,15,17,20)/b12-6-. The predicted octanol–water partition coefficient (Wildman–Crippen LogP) is 2.15. The second-order valence-electron chi connectivity index (χ2n) is 4.25. The first-order chi connectivity index (χ1) is 9.99. The number of ether oxygens (including phenoxy) is 2. The Hall–Kier alpha value is -1.86. The molecule has 1 N–H and O–H groups in total. The van der Waals surface area contributed by atoms with Crippen molar-refractivity contribution in [1.82, 2.24) is 5.32 Å². The molecule has 1 saturated heterocycles. The van der Waals surface area contributed by atoms with Crippen LogP contribution in [0, 0.1) is 0 Å². The van der Waals surface area contributed by atoms with Crippen molar-refractivity contribution in [2.75, 3.05) is 13.7 Å². The average molecular weight is 323 g/mol. The Balaban J connectivity index is 2.23. The number of methoxy groups -OCH3 is 1. The third-order valence-corrected chi connectivity index (χ3v) is 3.72. The van der Waals surface area contributed by atoms with E-state index >= 15 is 0 Å². The van der Waals surface area contributed by atoms with E-state index in [-0.39, 0.29) is 18.3 Å². The smallest absolute Gasteiger partial charge is 0.263 e. The summed E-state index contributed by atoms with van der Waals surface area (Å²) in [5, 5.41) is 2.55. The van der Waals surface area contributed by atoms with Gasteiger partial charge in [0.05, 0.1) is 12.0 Å². The molecule has 0 aliphatic carbocycles. The van der Waals surface area contributed by atoms with Crippen molar-refractivity contribution < 1.29 is 19.1 Å². The third kappa shape index (κ3) is 4.05. The monoisotopic (exact) mass is 323 g/mol. The Morgan fingerprint density at radius 2 is 2.19 bits per heavy atom. The quantitative estimate of drug-likeness (QED) is 0.662.